The number of carbonyl (C=O) groups excluding carboxylic acids is 2. The monoisotopic (exact) mass is 573 g/mol. The molecule has 0 aromatic heterocycles. The summed E-state index contributed by atoms with van der Waals surface area (Å²) < 4.78 is 11.2. The highest BCUT2D eigenvalue weighted by atomic mass is 79.9. The number of nitrogens with zero attached hydrogens (tertiary/aromatic N) is 1. The van der Waals surface area contributed by atoms with Gasteiger partial charge in [-0.2, -0.15) is 5.26 Å². The van der Waals surface area contributed by atoms with E-state index >= 15 is 0 Å². The fraction of sp³-hybridized carbons (Fsp3) is 0.0800. The van der Waals surface area contributed by atoms with Crippen molar-refractivity contribution >= 4 is 68.4 Å². The number of carbonyl (C=O) groups is 2. The van der Waals surface area contributed by atoms with Crippen LogP contribution in [0.25, 0.3) is 6.08 Å². The van der Waals surface area contributed by atoms with E-state index in [1.165, 1.54) is 12.1 Å². The molecule has 0 saturated carbocycles. The van der Waals surface area contributed by atoms with Crippen molar-refractivity contribution in [1.29, 1.82) is 5.26 Å². The van der Waals surface area contributed by atoms with Gasteiger partial charge in [-0.1, -0.05) is 29.3 Å². The van der Waals surface area contributed by atoms with E-state index in [9.17, 15) is 14.9 Å². The average Bonchev–Trinajstić information content (AvgIpc) is 2.84. The zero-order valence-electron chi connectivity index (χ0n) is 18.3. The molecule has 0 fully saturated rings. The maximum absolute atomic E-state index is 12.5. The van der Waals surface area contributed by atoms with Crippen molar-refractivity contribution in [3.63, 3.8) is 0 Å². The predicted molar refractivity (Wildman–Crippen MR) is 140 cm³/mol. The molecule has 2 N–H and O–H groups in total. The summed E-state index contributed by atoms with van der Waals surface area (Å²) in [5.41, 5.74) is 1.53. The van der Waals surface area contributed by atoms with Crippen LogP contribution in [0, 0.1) is 11.3 Å². The van der Waals surface area contributed by atoms with Crippen molar-refractivity contribution < 1.29 is 19.1 Å². The Kier molecular flexibility index (Phi) is 9.15. The van der Waals surface area contributed by atoms with Gasteiger partial charge >= 0.3 is 0 Å². The third-order valence-electron chi connectivity index (χ3n) is 4.54. The Morgan fingerprint density at radius 3 is 2.34 bits per heavy atom. The largest absolute Gasteiger partial charge is 0.497 e. The number of ether oxygens (including phenoxy) is 2. The number of anilines is 2. The lowest BCUT2D eigenvalue weighted by Gasteiger charge is -2.10. The number of rotatable bonds is 8. The molecule has 0 bridgehead atoms. The second-order valence-corrected chi connectivity index (χ2v) is 8.68. The molecule has 0 unspecified atom stereocenters. The SMILES string of the molecule is COc1ccc(NC(=O)/C(C#N)=C\c2ccc(OCC(=O)Nc3ccc(Cl)c(Cl)c3)c(Br)c2)cc1. The molecule has 0 atom stereocenters. The first kappa shape index (κ1) is 26.1. The number of nitriles is 1. The van der Waals surface area contributed by atoms with Crippen LogP contribution in [0.1, 0.15) is 5.56 Å². The van der Waals surface area contributed by atoms with Gasteiger partial charge in [0.15, 0.2) is 6.61 Å². The van der Waals surface area contributed by atoms with Crippen LogP contribution in [-0.4, -0.2) is 25.5 Å². The van der Waals surface area contributed by atoms with Gasteiger partial charge in [0, 0.05) is 11.4 Å². The van der Waals surface area contributed by atoms with E-state index in [2.05, 4.69) is 26.6 Å². The van der Waals surface area contributed by atoms with Crippen LogP contribution in [0.5, 0.6) is 11.5 Å². The fourth-order valence-corrected chi connectivity index (χ4v) is 3.64. The third kappa shape index (κ3) is 7.49. The highest BCUT2D eigenvalue weighted by Crippen LogP contribution is 2.28. The molecule has 2 amide bonds. The Hall–Kier alpha value is -3.51. The molecule has 0 aliphatic carbocycles. The van der Waals surface area contributed by atoms with E-state index in [1.807, 2.05) is 6.07 Å². The number of amides is 2. The smallest absolute Gasteiger partial charge is 0.266 e. The van der Waals surface area contributed by atoms with Gasteiger partial charge in [-0.3, -0.25) is 9.59 Å². The lowest BCUT2D eigenvalue weighted by Crippen LogP contribution is -2.20. The number of halogens is 3. The Labute approximate surface area is 220 Å². The molecule has 7 nitrogen and oxygen atoms in total. The molecule has 10 heteroatoms. The first-order valence-corrected chi connectivity index (χ1v) is 11.6. The van der Waals surface area contributed by atoms with Gasteiger partial charge in [0.2, 0.25) is 0 Å². The van der Waals surface area contributed by atoms with Gasteiger partial charge in [-0.25, -0.2) is 0 Å². The Morgan fingerprint density at radius 1 is 1.00 bits per heavy atom. The van der Waals surface area contributed by atoms with Gasteiger partial charge in [-0.15, -0.1) is 0 Å². The van der Waals surface area contributed by atoms with Crippen LogP contribution in [-0.2, 0) is 9.59 Å². The summed E-state index contributed by atoms with van der Waals surface area (Å²) in [6, 6.07) is 18.4. The minimum absolute atomic E-state index is 0.0811. The maximum Gasteiger partial charge on any atom is 0.266 e. The zero-order valence-corrected chi connectivity index (χ0v) is 21.4. The molecule has 3 aromatic carbocycles. The van der Waals surface area contributed by atoms with E-state index in [-0.39, 0.29) is 18.1 Å². The molecular weight excluding hydrogens is 557 g/mol. The molecule has 0 heterocycles. The zero-order chi connectivity index (χ0) is 25.4. The quantitative estimate of drug-likeness (QED) is 0.242. The molecule has 0 radical (unpaired) electrons. The van der Waals surface area contributed by atoms with Crippen molar-refractivity contribution in [3.8, 4) is 17.6 Å². The van der Waals surface area contributed by atoms with E-state index in [0.29, 0.717) is 43.0 Å². The highest BCUT2D eigenvalue weighted by molar-refractivity contribution is 9.10. The second kappa shape index (κ2) is 12.3. The normalized spacial score (nSPS) is 10.8. The van der Waals surface area contributed by atoms with Crippen LogP contribution in [0.4, 0.5) is 11.4 Å². The number of methoxy groups -OCH3 is 1. The lowest BCUT2D eigenvalue weighted by molar-refractivity contribution is -0.118. The van der Waals surface area contributed by atoms with Crippen molar-refractivity contribution in [1.82, 2.24) is 0 Å². The summed E-state index contributed by atoms with van der Waals surface area (Å²) in [5, 5.41) is 15.5. The Morgan fingerprint density at radius 2 is 1.71 bits per heavy atom. The molecule has 0 spiro atoms. The summed E-state index contributed by atoms with van der Waals surface area (Å²) in [6.45, 7) is -0.248. The Bertz CT molecular complexity index is 1320. The van der Waals surface area contributed by atoms with Crippen molar-refractivity contribution in [2.24, 2.45) is 0 Å². The van der Waals surface area contributed by atoms with E-state index in [1.54, 1.807) is 61.7 Å². The fourth-order valence-electron chi connectivity index (χ4n) is 2.83. The van der Waals surface area contributed by atoms with Gasteiger partial charge in [0.05, 0.1) is 21.6 Å². The van der Waals surface area contributed by atoms with E-state index < -0.39 is 5.91 Å². The van der Waals surface area contributed by atoms with Crippen LogP contribution in [0.15, 0.2) is 70.7 Å². The Balaban J connectivity index is 1.62. The summed E-state index contributed by atoms with van der Waals surface area (Å²) in [7, 11) is 1.55. The lowest BCUT2D eigenvalue weighted by atomic mass is 10.1. The molecule has 3 rings (SSSR count). The van der Waals surface area contributed by atoms with Gasteiger partial charge in [0.1, 0.15) is 23.1 Å². The molecule has 178 valence electrons. The van der Waals surface area contributed by atoms with Crippen molar-refractivity contribution in [3.05, 3.63) is 86.3 Å². The molecule has 3 aromatic rings. The minimum atomic E-state index is -0.548. The molecule has 0 aliphatic heterocycles. The summed E-state index contributed by atoms with van der Waals surface area (Å²) in [6.07, 6.45) is 1.45. The predicted octanol–water partition coefficient (Wildman–Crippen LogP) is 6.33. The number of hydrogen-bond acceptors (Lipinski definition) is 5. The summed E-state index contributed by atoms with van der Waals surface area (Å²) in [4.78, 5) is 24.7. The van der Waals surface area contributed by atoms with Crippen molar-refractivity contribution in [2.45, 2.75) is 0 Å². The second-order valence-electron chi connectivity index (χ2n) is 7.01. The standard InChI is InChI=1S/C25H18BrCl2N3O4/c1-34-19-6-3-17(4-7-19)31-25(33)16(13-29)10-15-2-9-23(20(26)11-15)35-14-24(32)30-18-5-8-21(27)22(28)12-18/h2-12H,14H2,1H3,(H,30,32)(H,31,33)/b16-10-. The minimum Gasteiger partial charge on any atom is -0.497 e. The molecular formula is C25H18BrCl2N3O4. The average molecular weight is 575 g/mol. The van der Waals surface area contributed by atoms with Gasteiger partial charge in [-0.05, 0) is 82.2 Å². The highest BCUT2D eigenvalue weighted by Gasteiger charge is 2.12. The van der Waals surface area contributed by atoms with Gasteiger partial charge < -0.3 is 20.1 Å². The number of nitrogens with one attached hydrogen (secondary N) is 2. The van der Waals surface area contributed by atoms with E-state index in [0.717, 1.165) is 0 Å². The van der Waals surface area contributed by atoms with Crippen LogP contribution in [0.2, 0.25) is 10.0 Å². The van der Waals surface area contributed by atoms with Gasteiger partial charge in [0.25, 0.3) is 11.8 Å². The summed E-state index contributed by atoms with van der Waals surface area (Å²) >= 11 is 15.2. The van der Waals surface area contributed by atoms with Crippen LogP contribution < -0.4 is 20.1 Å². The number of hydrogen-bond donors (Lipinski definition) is 2. The number of benzene rings is 3. The van der Waals surface area contributed by atoms with Crippen LogP contribution in [0.3, 0.4) is 0 Å². The van der Waals surface area contributed by atoms with Crippen molar-refractivity contribution in [2.75, 3.05) is 24.4 Å². The molecule has 35 heavy (non-hydrogen) atoms. The summed E-state index contributed by atoms with van der Waals surface area (Å²) in [5.74, 6) is 0.125. The first-order chi connectivity index (χ1) is 16.8. The maximum atomic E-state index is 12.5. The third-order valence-corrected chi connectivity index (χ3v) is 5.90. The molecule has 0 saturated heterocycles. The topological polar surface area (TPSA) is 100 Å². The first-order valence-electron chi connectivity index (χ1n) is 10.0. The van der Waals surface area contributed by atoms with E-state index in [4.69, 9.17) is 32.7 Å². The molecule has 0 aliphatic rings. The van der Waals surface area contributed by atoms with Crippen LogP contribution >= 0.6 is 39.1 Å².